The van der Waals surface area contributed by atoms with Crippen LogP contribution in [0.4, 0.5) is 18.9 Å². The van der Waals surface area contributed by atoms with Gasteiger partial charge in [0.25, 0.3) is 5.91 Å². The molecule has 2 aromatic rings. The van der Waals surface area contributed by atoms with E-state index in [4.69, 9.17) is 0 Å². The minimum atomic E-state index is -4.61. The Morgan fingerprint density at radius 1 is 1.00 bits per heavy atom. The van der Waals surface area contributed by atoms with Gasteiger partial charge in [0.05, 0.1) is 16.8 Å². The zero-order chi connectivity index (χ0) is 20.2. The average molecular weight is 375 g/mol. The van der Waals surface area contributed by atoms with Gasteiger partial charge in [-0.05, 0) is 42.2 Å². The van der Waals surface area contributed by atoms with Crippen molar-refractivity contribution in [2.45, 2.75) is 32.9 Å². The first-order valence-corrected chi connectivity index (χ1v) is 8.39. The van der Waals surface area contributed by atoms with Gasteiger partial charge in [0.15, 0.2) is 5.78 Å². The summed E-state index contributed by atoms with van der Waals surface area (Å²) in [6, 6.07) is 11.9. The van der Waals surface area contributed by atoms with Crippen LogP contribution in [0.3, 0.4) is 0 Å². The number of anilines is 1. The lowest BCUT2D eigenvalue weighted by atomic mass is 10.00. The summed E-state index contributed by atoms with van der Waals surface area (Å²) < 4.78 is 39.2. The van der Waals surface area contributed by atoms with Crippen molar-refractivity contribution < 1.29 is 22.8 Å². The maximum absolute atomic E-state index is 13.1. The third-order valence-electron chi connectivity index (χ3n) is 4.02. The number of halogens is 3. The zero-order valence-corrected chi connectivity index (χ0v) is 15.2. The number of Topliss-reactive ketones (excluding diaryl/α,β-unsaturated/α-hetero) is 1. The van der Waals surface area contributed by atoms with Gasteiger partial charge in [0.1, 0.15) is 0 Å². The number of hydrogen-bond donors (Lipinski definition) is 1. The van der Waals surface area contributed by atoms with Gasteiger partial charge < -0.3 is 5.32 Å². The van der Waals surface area contributed by atoms with E-state index in [0.29, 0.717) is 11.5 Å². The van der Waals surface area contributed by atoms with Gasteiger partial charge in [-0.15, -0.1) is 0 Å². The second-order valence-electron chi connectivity index (χ2n) is 6.43. The van der Waals surface area contributed by atoms with E-state index in [1.807, 2.05) is 26.0 Å². The molecule has 142 valence electrons. The van der Waals surface area contributed by atoms with Crippen molar-refractivity contribution in [3.63, 3.8) is 0 Å². The Hall–Kier alpha value is -2.89. The molecule has 2 rings (SSSR count). The molecule has 6 heteroatoms. The van der Waals surface area contributed by atoms with Crippen molar-refractivity contribution in [1.82, 2.24) is 0 Å². The molecule has 0 saturated heterocycles. The Kier molecular flexibility index (Phi) is 6.20. The lowest BCUT2D eigenvalue weighted by Crippen LogP contribution is -2.21. The first kappa shape index (κ1) is 20.4. The van der Waals surface area contributed by atoms with E-state index >= 15 is 0 Å². The first-order chi connectivity index (χ1) is 12.6. The molecule has 2 aromatic carbocycles. The highest BCUT2D eigenvalue weighted by molar-refractivity contribution is 6.25. The number of hydrogen-bond acceptors (Lipinski definition) is 2. The molecule has 1 N–H and O–H groups in total. The van der Waals surface area contributed by atoms with Gasteiger partial charge in [-0.2, -0.15) is 13.2 Å². The van der Waals surface area contributed by atoms with E-state index in [-0.39, 0.29) is 5.57 Å². The van der Waals surface area contributed by atoms with Gasteiger partial charge in [-0.25, -0.2) is 0 Å². The van der Waals surface area contributed by atoms with Crippen molar-refractivity contribution in [1.29, 1.82) is 0 Å². The number of nitrogens with one attached hydrogen (secondary N) is 1. The topological polar surface area (TPSA) is 46.2 Å². The van der Waals surface area contributed by atoms with Crippen LogP contribution in [0.5, 0.6) is 0 Å². The van der Waals surface area contributed by atoms with E-state index < -0.39 is 29.1 Å². The van der Waals surface area contributed by atoms with Gasteiger partial charge in [-0.1, -0.05) is 50.2 Å². The SMILES string of the molecule is CC(=O)/C(=C\c1ccc(C(C)C)cc1)C(=O)Nc1ccccc1C(F)(F)F. The number of alkyl halides is 3. The van der Waals surface area contributed by atoms with Crippen LogP contribution in [0.2, 0.25) is 0 Å². The number of carbonyl (C=O) groups is 2. The predicted molar refractivity (Wildman–Crippen MR) is 99.3 cm³/mol. The predicted octanol–water partition coefficient (Wildman–Crippen LogP) is 5.44. The number of carbonyl (C=O) groups excluding carboxylic acids is 2. The van der Waals surface area contributed by atoms with Crippen LogP contribution < -0.4 is 5.32 Å². The fourth-order valence-electron chi connectivity index (χ4n) is 2.50. The summed E-state index contributed by atoms with van der Waals surface area (Å²) in [6.07, 6.45) is -3.24. The van der Waals surface area contributed by atoms with Crippen LogP contribution in [0.1, 0.15) is 43.4 Å². The Labute approximate surface area is 155 Å². The third-order valence-corrected chi connectivity index (χ3v) is 4.02. The standard InChI is InChI=1S/C21H20F3NO2/c1-13(2)16-10-8-15(9-11-16)12-17(14(3)26)20(27)25-19-7-5-4-6-18(19)21(22,23)24/h4-13H,1-3H3,(H,25,27)/b17-12+. The summed E-state index contributed by atoms with van der Waals surface area (Å²) in [5.41, 5.74) is 0.132. The summed E-state index contributed by atoms with van der Waals surface area (Å²) in [7, 11) is 0. The van der Waals surface area contributed by atoms with Gasteiger partial charge in [-0.3, -0.25) is 9.59 Å². The molecule has 0 spiro atoms. The summed E-state index contributed by atoms with van der Waals surface area (Å²) >= 11 is 0. The van der Waals surface area contributed by atoms with E-state index in [1.165, 1.54) is 25.1 Å². The lowest BCUT2D eigenvalue weighted by Gasteiger charge is -2.14. The van der Waals surface area contributed by atoms with E-state index in [9.17, 15) is 22.8 Å². The molecule has 27 heavy (non-hydrogen) atoms. The molecule has 0 unspecified atom stereocenters. The molecule has 0 fully saturated rings. The van der Waals surface area contributed by atoms with Crippen LogP contribution in [-0.4, -0.2) is 11.7 Å². The maximum Gasteiger partial charge on any atom is 0.418 e. The molecule has 0 aliphatic carbocycles. The van der Waals surface area contributed by atoms with Gasteiger partial charge in [0, 0.05) is 0 Å². The molecule has 0 aliphatic rings. The quantitative estimate of drug-likeness (QED) is 0.430. The van der Waals surface area contributed by atoms with Gasteiger partial charge >= 0.3 is 6.18 Å². The second kappa shape index (κ2) is 8.20. The van der Waals surface area contributed by atoms with Crippen LogP contribution in [0, 0.1) is 0 Å². The summed E-state index contributed by atoms with van der Waals surface area (Å²) in [5.74, 6) is -1.09. The first-order valence-electron chi connectivity index (χ1n) is 8.39. The van der Waals surface area contributed by atoms with Crippen molar-refractivity contribution in [3.05, 3.63) is 70.8 Å². The zero-order valence-electron chi connectivity index (χ0n) is 15.2. The van der Waals surface area contributed by atoms with Crippen molar-refractivity contribution in [3.8, 4) is 0 Å². The summed E-state index contributed by atoms with van der Waals surface area (Å²) in [4.78, 5) is 24.3. The molecule has 0 aliphatic heterocycles. The lowest BCUT2D eigenvalue weighted by molar-refractivity contribution is -0.137. The minimum Gasteiger partial charge on any atom is -0.321 e. The molecule has 1 amide bonds. The fourth-order valence-corrected chi connectivity index (χ4v) is 2.50. The summed E-state index contributed by atoms with van der Waals surface area (Å²) in [6.45, 7) is 5.28. The molecule has 0 saturated carbocycles. The van der Waals surface area contributed by atoms with Gasteiger partial charge in [0.2, 0.25) is 0 Å². The largest absolute Gasteiger partial charge is 0.418 e. The number of amides is 1. The molecule has 3 nitrogen and oxygen atoms in total. The second-order valence-corrected chi connectivity index (χ2v) is 6.43. The minimum absolute atomic E-state index is 0.218. The van der Waals surface area contributed by atoms with Crippen molar-refractivity contribution >= 4 is 23.5 Å². The third kappa shape index (κ3) is 5.29. The average Bonchev–Trinajstić information content (AvgIpc) is 2.59. The highest BCUT2D eigenvalue weighted by atomic mass is 19.4. The van der Waals surface area contributed by atoms with E-state index in [0.717, 1.165) is 17.7 Å². The molecule has 0 atom stereocenters. The molecule has 0 heterocycles. The van der Waals surface area contributed by atoms with E-state index in [1.54, 1.807) is 12.1 Å². The van der Waals surface area contributed by atoms with E-state index in [2.05, 4.69) is 5.32 Å². The van der Waals surface area contributed by atoms with Crippen molar-refractivity contribution in [2.75, 3.05) is 5.32 Å². The Morgan fingerprint density at radius 2 is 1.59 bits per heavy atom. The Bertz CT molecular complexity index is 866. The van der Waals surface area contributed by atoms with Crippen LogP contribution in [-0.2, 0) is 15.8 Å². The number of ketones is 1. The molecular formula is C21H20F3NO2. The van der Waals surface area contributed by atoms with Crippen LogP contribution in [0.25, 0.3) is 6.08 Å². The molecule has 0 bridgehead atoms. The Balaban J connectivity index is 2.32. The van der Waals surface area contributed by atoms with Crippen LogP contribution in [0.15, 0.2) is 54.1 Å². The molecule has 0 radical (unpaired) electrons. The number of benzene rings is 2. The highest BCUT2D eigenvalue weighted by Crippen LogP contribution is 2.34. The monoisotopic (exact) mass is 375 g/mol. The molecule has 0 aromatic heterocycles. The smallest absolute Gasteiger partial charge is 0.321 e. The van der Waals surface area contributed by atoms with Crippen molar-refractivity contribution in [2.24, 2.45) is 0 Å². The fraction of sp³-hybridized carbons (Fsp3) is 0.238. The maximum atomic E-state index is 13.1. The number of rotatable bonds is 5. The van der Waals surface area contributed by atoms with Crippen LogP contribution >= 0.6 is 0 Å². The Morgan fingerprint density at radius 3 is 2.11 bits per heavy atom. The summed E-state index contributed by atoms with van der Waals surface area (Å²) in [5, 5.41) is 2.20. The normalized spacial score (nSPS) is 12.2. The molecular weight excluding hydrogens is 355 g/mol. The number of para-hydroxylation sites is 1. The highest BCUT2D eigenvalue weighted by Gasteiger charge is 2.33.